The fourth-order valence-corrected chi connectivity index (χ4v) is 3.33. The van der Waals surface area contributed by atoms with Crippen LogP contribution in [0, 0.1) is 5.92 Å². The monoisotopic (exact) mass is 203 g/mol. The minimum Gasteiger partial charge on any atom is -0.370 e. The van der Waals surface area contributed by atoms with E-state index in [9.17, 15) is 5.11 Å². The molecule has 0 bridgehead atoms. The number of fused-ring (bicyclic) bond motifs is 3. The summed E-state index contributed by atoms with van der Waals surface area (Å²) in [6.45, 7) is 4.31. The van der Waals surface area contributed by atoms with E-state index < -0.39 is 5.72 Å². The van der Waals surface area contributed by atoms with Gasteiger partial charge in [0, 0.05) is 17.0 Å². The molecule has 2 nitrogen and oxygen atoms in total. The number of hydrogen-bond donors (Lipinski definition) is 2. The quantitative estimate of drug-likeness (QED) is 0.679. The van der Waals surface area contributed by atoms with Gasteiger partial charge in [0.05, 0.1) is 0 Å². The van der Waals surface area contributed by atoms with Crippen LogP contribution in [-0.2, 0) is 5.41 Å². The van der Waals surface area contributed by atoms with Crippen LogP contribution in [0.15, 0.2) is 24.3 Å². The number of hydrogen-bond acceptors (Lipinski definition) is 2. The Balaban J connectivity index is 2.21. The summed E-state index contributed by atoms with van der Waals surface area (Å²) >= 11 is 0. The molecule has 1 aliphatic carbocycles. The van der Waals surface area contributed by atoms with Crippen LogP contribution in [0.2, 0.25) is 0 Å². The molecule has 3 rings (SSSR count). The molecule has 1 heterocycles. The third-order valence-corrected chi connectivity index (χ3v) is 4.48. The van der Waals surface area contributed by atoms with Crippen molar-refractivity contribution in [2.45, 2.75) is 37.8 Å². The van der Waals surface area contributed by atoms with Gasteiger partial charge in [0.2, 0.25) is 0 Å². The minimum absolute atomic E-state index is 0.108. The molecule has 15 heavy (non-hydrogen) atoms. The zero-order valence-corrected chi connectivity index (χ0v) is 9.25. The van der Waals surface area contributed by atoms with Crippen LogP contribution >= 0.6 is 0 Å². The van der Waals surface area contributed by atoms with Crippen molar-refractivity contribution in [3.8, 4) is 0 Å². The number of nitrogens with one attached hydrogen (secondary N) is 1. The lowest BCUT2D eigenvalue weighted by atomic mass is 9.77. The maximum atomic E-state index is 10.8. The molecular weight excluding hydrogens is 186 g/mol. The third kappa shape index (κ3) is 0.888. The Kier molecular flexibility index (Phi) is 1.57. The maximum absolute atomic E-state index is 10.8. The molecule has 1 aromatic carbocycles. The maximum Gasteiger partial charge on any atom is 0.147 e. The average Bonchev–Trinajstić information content (AvgIpc) is 2.58. The smallest absolute Gasteiger partial charge is 0.147 e. The summed E-state index contributed by atoms with van der Waals surface area (Å²) in [6, 6.07) is 8.27. The molecule has 80 valence electrons. The fraction of sp³-hybridized carbons (Fsp3) is 0.538. The molecule has 1 saturated carbocycles. The van der Waals surface area contributed by atoms with Crippen LogP contribution in [-0.4, -0.2) is 10.8 Å². The second-order valence-corrected chi connectivity index (χ2v) is 5.21. The summed E-state index contributed by atoms with van der Waals surface area (Å²) in [6.07, 6.45) is 2.16. The van der Waals surface area contributed by atoms with Gasteiger partial charge >= 0.3 is 0 Å². The first-order valence-electron chi connectivity index (χ1n) is 5.68. The van der Waals surface area contributed by atoms with Crippen LogP contribution in [0.1, 0.15) is 32.3 Å². The van der Waals surface area contributed by atoms with Gasteiger partial charge in [0.25, 0.3) is 0 Å². The Morgan fingerprint density at radius 2 is 2.13 bits per heavy atom. The van der Waals surface area contributed by atoms with E-state index in [1.165, 1.54) is 5.56 Å². The molecule has 1 aromatic rings. The SMILES string of the molecule is C[C@H]1CC[C@@]2(C)c3ccccc3N[C@@]12O. The lowest BCUT2D eigenvalue weighted by Crippen LogP contribution is -2.50. The molecule has 0 aromatic heterocycles. The molecular formula is C13H17NO. The second-order valence-electron chi connectivity index (χ2n) is 5.21. The van der Waals surface area contributed by atoms with E-state index in [-0.39, 0.29) is 5.41 Å². The molecule has 0 radical (unpaired) electrons. The van der Waals surface area contributed by atoms with E-state index in [4.69, 9.17) is 0 Å². The van der Waals surface area contributed by atoms with Gasteiger partial charge in [0.15, 0.2) is 0 Å². The largest absolute Gasteiger partial charge is 0.370 e. The summed E-state index contributed by atoms with van der Waals surface area (Å²) in [5, 5.41) is 14.1. The first kappa shape index (κ1) is 9.22. The lowest BCUT2D eigenvalue weighted by Gasteiger charge is -2.36. The molecule has 0 saturated heterocycles. The van der Waals surface area contributed by atoms with Crippen LogP contribution in [0.5, 0.6) is 0 Å². The van der Waals surface area contributed by atoms with Crippen LogP contribution in [0.3, 0.4) is 0 Å². The molecule has 2 heteroatoms. The number of aliphatic hydroxyl groups is 1. The Bertz CT molecular complexity index is 417. The van der Waals surface area contributed by atoms with E-state index in [0.717, 1.165) is 18.5 Å². The van der Waals surface area contributed by atoms with E-state index in [2.05, 4.69) is 37.4 Å². The minimum atomic E-state index is -0.739. The van der Waals surface area contributed by atoms with Crippen molar-refractivity contribution in [2.75, 3.05) is 5.32 Å². The van der Waals surface area contributed by atoms with Gasteiger partial charge in [0.1, 0.15) is 5.72 Å². The van der Waals surface area contributed by atoms with Crippen molar-refractivity contribution in [2.24, 2.45) is 5.92 Å². The van der Waals surface area contributed by atoms with Gasteiger partial charge in [-0.2, -0.15) is 0 Å². The van der Waals surface area contributed by atoms with Crippen molar-refractivity contribution >= 4 is 5.69 Å². The normalized spacial score (nSPS) is 42.2. The highest BCUT2D eigenvalue weighted by atomic mass is 16.3. The summed E-state index contributed by atoms with van der Waals surface area (Å²) in [7, 11) is 0. The first-order chi connectivity index (χ1) is 7.08. The van der Waals surface area contributed by atoms with Gasteiger partial charge in [-0.05, 0) is 24.5 Å². The van der Waals surface area contributed by atoms with E-state index in [0.29, 0.717) is 5.92 Å². The summed E-state index contributed by atoms with van der Waals surface area (Å²) in [4.78, 5) is 0. The molecule has 0 spiro atoms. The molecule has 3 atom stereocenters. The molecule has 1 fully saturated rings. The molecule has 1 aliphatic heterocycles. The van der Waals surface area contributed by atoms with Crippen LogP contribution in [0.4, 0.5) is 5.69 Å². The average molecular weight is 203 g/mol. The molecule has 0 amide bonds. The van der Waals surface area contributed by atoms with Gasteiger partial charge in [-0.1, -0.05) is 32.0 Å². The Labute approximate surface area is 90.3 Å². The number of para-hydroxylation sites is 1. The standard InChI is InChI=1S/C13H17NO/c1-9-7-8-12(2)10-5-3-4-6-11(10)14-13(9,12)15/h3-6,9,14-15H,7-8H2,1-2H3/t9-,12-,13+/m0/s1. The predicted molar refractivity (Wildman–Crippen MR) is 60.8 cm³/mol. The second kappa shape index (κ2) is 2.56. The van der Waals surface area contributed by atoms with Crippen molar-refractivity contribution in [1.82, 2.24) is 0 Å². The van der Waals surface area contributed by atoms with Crippen molar-refractivity contribution < 1.29 is 5.11 Å². The number of rotatable bonds is 0. The van der Waals surface area contributed by atoms with E-state index in [1.54, 1.807) is 0 Å². The number of anilines is 1. The zero-order chi connectivity index (χ0) is 10.7. The van der Waals surface area contributed by atoms with Crippen LogP contribution in [0.25, 0.3) is 0 Å². The van der Waals surface area contributed by atoms with E-state index in [1.807, 2.05) is 6.07 Å². The summed E-state index contributed by atoms with van der Waals surface area (Å²) in [5.41, 5.74) is 1.53. The van der Waals surface area contributed by atoms with Gasteiger partial charge in [-0.3, -0.25) is 0 Å². The fourth-order valence-electron chi connectivity index (χ4n) is 3.33. The van der Waals surface area contributed by atoms with Crippen molar-refractivity contribution in [3.63, 3.8) is 0 Å². The zero-order valence-electron chi connectivity index (χ0n) is 9.25. The van der Waals surface area contributed by atoms with Gasteiger partial charge in [-0.15, -0.1) is 0 Å². The third-order valence-electron chi connectivity index (χ3n) is 4.48. The topological polar surface area (TPSA) is 32.3 Å². The molecule has 2 N–H and O–H groups in total. The Morgan fingerprint density at radius 3 is 2.93 bits per heavy atom. The highest BCUT2D eigenvalue weighted by Crippen LogP contribution is 2.57. The van der Waals surface area contributed by atoms with Crippen molar-refractivity contribution in [1.29, 1.82) is 0 Å². The van der Waals surface area contributed by atoms with Crippen LogP contribution < -0.4 is 5.32 Å². The first-order valence-corrected chi connectivity index (χ1v) is 5.68. The van der Waals surface area contributed by atoms with Gasteiger partial charge < -0.3 is 10.4 Å². The Morgan fingerprint density at radius 1 is 1.40 bits per heavy atom. The molecule has 2 aliphatic rings. The molecule has 0 unspecified atom stereocenters. The summed E-state index contributed by atoms with van der Waals surface area (Å²) in [5.74, 6) is 0.315. The lowest BCUT2D eigenvalue weighted by molar-refractivity contribution is -0.00701. The van der Waals surface area contributed by atoms with Gasteiger partial charge in [-0.25, -0.2) is 0 Å². The highest BCUT2D eigenvalue weighted by molar-refractivity contribution is 5.64. The summed E-state index contributed by atoms with van der Waals surface area (Å²) < 4.78 is 0. The Hall–Kier alpha value is -1.02. The van der Waals surface area contributed by atoms with Crippen molar-refractivity contribution in [3.05, 3.63) is 29.8 Å². The highest BCUT2D eigenvalue weighted by Gasteiger charge is 2.60. The van der Waals surface area contributed by atoms with E-state index >= 15 is 0 Å². The number of benzene rings is 1. The predicted octanol–water partition coefficient (Wildman–Crippen LogP) is 2.49.